The van der Waals surface area contributed by atoms with Crippen LogP contribution in [0.15, 0.2) is 0 Å². The minimum atomic E-state index is 0. The van der Waals surface area contributed by atoms with Crippen molar-refractivity contribution in [3.05, 3.63) is 0 Å². The second-order valence-electron chi connectivity index (χ2n) is 0. The largest absolute Gasteiger partial charge is 0.255 e. The Morgan fingerprint density at radius 2 is 1.00 bits per heavy atom. The predicted octanol–water partition coefficient (Wildman–Crippen LogP) is -0.559. The van der Waals surface area contributed by atoms with Gasteiger partial charge >= 0.3 is 0 Å². The van der Waals surface area contributed by atoms with E-state index in [-0.39, 0.29) is 74.8 Å². The Labute approximate surface area is 85.5 Å². The molecule has 0 aliphatic heterocycles. The fourth-order valence-corrected chi connectivity index (χ4v) is 0. The van der Waals surface area contributed by atoms with Crippen molar-refractivity contribution in [3.63, 3.8) is 0 Å². The maximum absolute atomic E-state index is 9.50. The van der Waals surface area contributed by atoms with Crippen molar-refractivity contribution < 1.29 is 21.5 Å². The molecule has 0 amide bonds. The van der Waals surface area contributed by atoms with Gasteiger partial charge in [0, 0.05) is 74.8 Å². The molecule has 0 atom stereocenters. The average molecular weight is 167 g/mol. The zero-order valence-corrected chi connectivity index (χ0v) is 8.52. The Balaban J connectivity index is -0.000000000833. The normalized spacial score (nSPS) is 1.00. The molecule has 0 saturated carbocycles. The Bertz CT molecular complexity index is 13.5. The van der Waals surface area contributed by atoms with Crippen LogP contribution in [0.5, 0.6) is 0 Å². The summed E-state index contributed by atoms with van der Waals surface area (Å²) in [4.78, 5) is 0. The van der Waals surface area contributed by atoms with Crippen LogP contribution in [0.2, 0.25) is 0 Å². The molecule has 0 bridgehead atoms. The molecular weight excluding hydrogens is 164 g/mol. The smallest absolute Gasteiger partial charge is 0.0785 e. The summed E-state index contributed by atoms with van der Waals surface area (Å²) in [6.45, 7) is 0. The quantitative estimate of drug-likeness (QED) is 0.424. The molecule has 0 aromatic carbocycles. The molecule has 0 nitrogen and oxygen atoms in total. The molecule has 0 unspecified atom stereocenters. The zero-order chi connectivity index (χ0) is 2.00. The van der Waals surface area contributed by atoms with Gasteiger partial charge < -0.3 is 0 Å². The van der Waals surface area contributed by atoms with Crippen LogP contribution >= 0.6 is 0 Å². The maximum atomic E-state index is 9.50. The molecule has 9 radical (unpaired) electrons. The molecule has 5 heteroatoms. The third-order valence-corrected chi connectivity index (χ3v) is 0. The van der Waals surface area contributed by atoms with Crippen LogP contribution in [0.1, 0.15) is 0 Å². The third-order valence-electron chi connectivity index (χ3n) is 0. The van der Waals surface area contributed by atoms with Gasteiger partial charge in [0.05, 0.1) is 7.18 Å². The summed E-state index contributed by atoms with van der Waals surface area (Å²) in [5.41, 5.74) is 0. The van der Waals surface area contributed by atoms with Crippen LogP contribution in [0.4, 0.5) is 4.39 Å². The van der Waals surface area contributed by atoms with E-state index in [1.165, 1.54) is 0 Å². The number of halogens is 1. The number of hydrogen-bond acceptors (Lipinski definition) is 0. The molecule has 0 heterocycles. The predicted molar refractivity (Wildman–Crippen MR) is 24.3 cm³/mol. The van der Waals surface area contributed by atoms with Crippen molar-refractivity contribution in [2.45, 2.75) is 0 Å². The monoisotopic (exact) mass is 167 g/mol. The van der Waals surface area contributed by atoms with Crippen LogP contribution in [-0.2, 0) is 17.1 Å². The number of rotatable bonds is 0. The molecule has 0 saturated heterocycles. The molecular formula is CH3Al2FMgMn. The van der Waals surface area contributed by atoms with E-state index in [1.807, 2.05) is 0 Å². The van der Waals surface area contributed by atoms with Gasteiger partial charge in [-0.1, -0.05) is 0 Å². The van der Waals surface area contributed by atoms with Crippen LogP contribution in [0.25, 0.3) is 0 Å². The van der Waals surface area contributed by atoms with Gasteiger partial charge in [-0.2, -0.15) is 0 Å². The van der Waals surface area contributed by atoms with Crippen LogP contribution in [-0.4, -0.2) is 65.0 Å². The van der Waals surface area contributed by atoms with Gasteiger partial charge in [0.2, 0.25) is 0 Å². The average Bonchev–Trinajstić information content (AvgIpc) is 1.00. The van der Waals surface area contributed by atoms with Gasteiger partial charge in [-0.25, -0.2) is 0 Å². The Kier molecular flexibility index (Phi) is 375. The molecule has 29 valence electrons. The Morgan fingerprint density at radius 1 is 1.00 bits per heavy atom. The van der Waals surface area contributed by atoms with Crippen molar-refractivity contribution in [3.8, 4) is 0 Å². The van der Waals surface area contributed by atoms with Gasteiger partial charge in [0.25, 0.3) is 0 Å². The topological polar surface area (TPSA) is 0 Å². The van der Waals surface area contributed by atoms with Crippen molar-refractivity contribution in [2.24, 2.45) is 0 Å². The first-order valence-corrected chi connectivity index (χ1v) is 0.378. The summed E-state index contributed by atoms with van der Waals surface area (Å²) in [6, 6.07) is 0. The van der Waals surface area contributed by atoms with Crippen LogP contribution < -0.4 is 0 Å². The second-order valence-corrected chi connectivity index (χ2v) is 0. The van der Waals surface area contributed by atoms with Crippen molar-refractivity contribution in [2.75, 3.05) is 7.18 Å². The summed E-state index contributed by atoms with van der Waals surface area (Å²) in [5, 5.41) is 0. The Hall–Kier alpha value is 2.28. The first-order valence-electron chi connectivity index (χ1n) is 0.378. The SMILES string of the molecule is CF.[Al].[Al].[Mg].[Mn]. The van der Waals surface area contributed by atoms with E-state index >= 15 is 0 Å². The van der Waals surface area contributed by atoms with E-state index in [9.17, 15) is 4.39 Å². The molecule has 0 rings (SSSR count). The minimum absolute atomic E-state index is 0. The molecule has 0 aliphatic carbocycles. The molecule has 0 aliphatic rings. The van der Waals surface area contributed by atoms with Crippen molar-refractivity contribution in [1.29, 1.82) is 0 Å². The van der Waals surface area contributed by atoms with E-state index in [4.69, 9.17) is 0 Å². The fraction of sp³-hybridized carbons (Fsp3) is 1.00. The van der Waals surface area contributed by atoms with Crippen molar-refractivity contribution in [1.82, 2.24) is 0 Å². The van der Waals surface area contributed by atoms with E-state index in [0.717, 1.165) is 0 Å². The summed E-state index contributed by atoms with van der Waals surface area (Å²) in [5.74, 6) is 0. The summed E-state index contributed by atoms with van der Waals surface area (Å²) in [7, 11) is 0.500. The van der Waals surface area contributed by atoms with Crippen LogP contribution in [0, 0.1) is 0 Å². The standard InChI is InChI=1S/CH3F.2Al.Mg.Mn/c1-2;;;;/h1H3;;;;. The second kappa shape index (κ2) is 55.2. The summed E-state index contributed by atoms with van der Waals surface area (Å²) in [6.07, 6.45) is 0. The van der Waals surface area contributed by atoms with Crippen LogP contribution in [0.3, 0.4) is 0 Å². The minimum Gasteiger partial charge on any atom is -0.255 e. The van der Waals surface area contributed by atoms with Gasteiger partial charge in [-0.3, -0.25) is 4.39 Å². The van der Waals surface area contributed by atoms with Gasteiger partial charge in [-0.15, -0.1) is 0 Å². The van der Waals surface area contributed by atoms with Gasteiger partial charge in [0.1, 0.15) is 0 Å². The summed E-state index contributed by atoms with van der Waals surface area (Å²) >= 11 is 0. The van der Waals surface area contributed by atoms with Crippen molar-refractivity contribution >= 4 is 57.8 Å². The van der Waals surface area contributed by atoms with E-state index in [1.54, 1.807) is 0 Å². The fourth-order valence-electron chi connectivity index (χ4n) is 0. The van der Waals surface area contributed by atoms with E-state index in [2.05, 4.69) is 0 Å². The first kappa shape index (κ1) is 40.8. The number of alkyl halides is 1. The molecule has 0 spiro atoms. The Morgan fingerprint density at radius 3 is 1.00 bits per heavy atom. The van der Waals surface area contributed by atoms with E-state index in [0.29, 0.717) is 7.18 Å². The molecule has 0 N–H and O–H groups in total. The van der Waals surface area contributed by atoms with Gasteiger partial charge in [-0.05, 0) is 0 Å². The molecule has 0 aromatic rings. The van der Waals surface area contributed by atoms with Gasteiger partial charge in [0.15, 0.2) is 0 Å². The summed E-state index contributed by atoms with van der Waals surface area (Å²) < 4.78 is 9.50. The number of hydrogen-bond donors (Lipinski definition) is 0. The first-order chi connectivity index (χ1) is 1.00. The zero-order valence-electron chi connectivity index (χ0n) is 3.62. The van der Waals surface area contributed by atoms with E-state index < -0.39 is 0 Å². The molecule has 0 fully saturated rings. The molecule has 0 aromatic heterocycles. The maximum Gasteiger partial charge on any atom is 0.0785 e. The third kappa shape index (κ3) is 33.7. The molecule has 6 heavy (non-hydrogen) atoms.